The number of nitrogens with one attached hydrogen (secondary N) is 1. The SMILES string of the molecule is c1ccc2c(c1)nc(-c1ccn[nH]1)n2C1C[C@H]2CCC[C@@H](C1)N2C1CCC2CCC[C@@H]1C2. The van der Waals surface area contributed by atoms with E-state index >= 15 is 0 Å². The molecule has 0 radical (unpaired) electrons. The number of rotatable bonds is 3. The van der Waals surface area contributed by atoms with Crippen LogP contribution in [0.15, 0.2) is 36.5 Å². The Labute approximate surface area is 190 Å². The predicted octanol–water partition coefficient (Wildman–Crippen LogP) is 5.95. The van der Waals surface area contributed by atoms with Crippen LogP contribution in [0.3, 0.4) is 0 Å². The Bertz CT molecular complexity index is 1070. The number of H-pyrrole nitrogens is 1. The molecule has 4 fully saturated rings. The molecule has 0 amide bonds. The van der Waals surface area contributed by atoms with Crippen molar-refractivity contribution < 1.29 is 0 Å². The zero-order chi connectivity index (χ0) is 21.1. The van der Waals surface area contributed by atoms with Crippen molar-refractivity contribution in [3.8, 4) is 11.5 Å². The molecule has 4 heterocycles. The second kappa shape index (κ2) is 7.72. The fourth-order valence-electron chi connectivity index (χ4n) is 8.10. The summed E-state index contributed by atoms with van der Waals surface area (Å²) in [5.74, 6) is 3.07. The lowest BCUT2D eigenvalue weighted by atomic mass is 9.67. The molecule has 3 unspecified atom stereocenters. The van der Waals surface area contributed by atoms with E-state index in [9.17, 15) is 0 Å². The monoisotopic (exact) mass is 429 g/mol. The van der Waals surface area contributed by atoms with Gasteiger partial charge in [0.25, 0.3) is 0 Å². The minimum absolute atomic E-state index is 0.523. The van der Waals surface area contributed by atoms with Crippen molar-refractivity contribution in [1.82, 2.24) is 24.6 Å². The van der Waals surface area contributed by atoms with Gasteiger partial charge in [0.2, 0.25) is 0 Å². The van der Waals surface area contributed by atoms with Gasteiger partial charge >= 0.3 is 0 Å². The van der Waals surface area contributed by atoms with E-state index in [1.165, 1.54) is 76.1 Å². The van der Waals surface area contributed by atoms with E-state index in [1.54, 1.807) is 0 Å². The van der Waals surface area contributed by atoms with E-state index in [4.69, 9.17) is 4.98 Å². The second-order valence-corrected chi connectivity index (χ2v) is 11.0. The summed E-state index contributed by atoms with van der Waals surface area (Å²) in [6, 6.07) is 13.6. The normalized spacial score (nSPS) is 35.2. The summed E-state index contributed by atoms with van der Waals surface area (Å²) in [5, 5.41) is 7.41. The van der Waals surface area contributed by atoms with Gasteiger partial charge in [-0.25, -0.2) is 4.98 Å². The number of piperidine rings is 2. The molecule has 6 atom stereocenters. The number of fused-ring (bicyclic) bond motifs is 5. The number of aromatic nitrogens is 4. The molecule has 168 valence electrons. The third kappa shape index (κ3) is 3.07. The topological polar surface area (TPSA) is 49.7 Å². The summed E-state index contributed by atoms with van der Waals surface area (Å²) in [5.41, 5.74) is 3.42. The van der Waals surface area contributed by atoms with Gasteiger partial charge in [0.1, 0.15) is 5.69 Å². The van der Waals surface area contributed by atoms with Crippen LogP contribution in [-0.4, -0.2) is 42.8 Å². The molecular weight excluding hydrogens is 394 g/mol. The van der Waals surface area contributed by atoms with E-state index in [0.717, 1.165) is 47.0 Å². The second-order valence-electron chi connectivity index (χ2n) is 11.0. The molecule has 4 aliphatic rings. The molecule has 3 aromatic rings. The molecule has 2 aliphatic heterocycles. The van der Waals surface area contributed by atoms with Gasteiger partial charge in [0.15, 0.2) is 5.82 Å². The van der Waals surface area contributed by atoms with Gasteiger partial charge in [-0.05, 0) is 81.4 Å². The lowest BCUT2D eigenvalue weighted by molar-refractivity contribution is -0.0608. The van der Waals surface area contributed by atoms with Crippen molar-refractivity contribution in [3.05, 3.63) is 36.5 Å². The summed E-state index contributed by atoms with van der Waals surface area (Å²) in [7, 11) is 0. The third-order valence-electron chi connectivity index (χ3n) is 9.33. The molecule has 2 saturated heterocycles. The highest BCUT2D eigenvalue weighted by Gasteiger charge is 2.46. The van der Waals surface area contributed by atoms with Crippen LogP contribution < -0.4 is 0 Å². The molecule has 7 rings (SSSR count). The molecular formula is C27H35N5. The average Bonchev–Trinajstić information content (AvgIpc) is 3.47. The molecule has 1 N–H and O–H groups in total. The third-order valence-corrected chi connectivity index (χ3v) is 9.33. The van der Waals surface area contributed by atoms with Gasteiger partial charge < -0.3 is 4.57 Å². The van der Waals surface area contributed by atoms with Crippen LogP contribution in [0.2, 0.25) is 0 Å². The van der Waals surface area contributed by atoms with Crippen molar-refractivity contribution in [1.29, 1.82) is 0 Å². The minimum atomic E-state index is 0.523. The molecule has 2 aromatic heterocycles. The van der Waals surface area contributed by atoms with Gasteiger partial charge in [-0.3, -0.25) is 10.00 Å². The van der Waals surface area contributed by atoms with Gasteiger partial charge in [-0.15, -0.1) is 0 Å². The van der Waals surface area contributed by atoms with Crippen molar-refractivity contribution in [2.24, 2.45) is 11.8 Å². The summed E-state index contributed by atoms with van der Waals surface area (Å²) >= 11 is 0. The van der Waals surface area contributed by atoms with Gasteiger partial charge in [0.05, 0.1) is 11.0 Å². The van der Waals surface area contributed by atoms with Gasteiger partial charge in [-0.2, -0.15) is 5.10 Å². The number of hydrogen-bond donors (Lipinski definition) is 1. The Morgan fingerprint density at radius 2 is 1.66 bits per heavy atom. The smallest absolute Gasteiger partial charge is 0.159 e. The first-order valence-corrected chi connectivity index (χ1v) is 13.1. The predicted molar refractivity (Wildman–Crippen MR) is 127 cm³/mol. The van der Waals surface area contributed by atoms with Crippen LogP contribution >= 0.6 is 0 Å². The molecule has 2 aliphatic carbocycles. The van der Waals surface area contributed by atoms with Crippen LogP contribution in [0.1, 0.15) is 76.7 Å². The fraction of sp³-hybridized carbons (Fsp3) is 0.630. The highest BCUT2D eigenvalue weighted by Crippen LogP contribution is 2.49. The highest BCUT2D eigenvalue weighted by molar-refractivity contribution is 5.80. The fourth-order valence-corrected chi connectivity index (χ4v) is 8.10. The summed E-state index contributed by atoms with van der Waals surface area (Å²) in [6.07, 6.45) is 17.5. The maximum atomic E-state index is 5.05. The van der Waals surface area contributed by atoms with E-state index in [1.807, 2.05) is 6.20 Å². The first-order chi connectivity index (χ1) is 15.8. The Morgan fingerprint density at radius 3 is 2.50 bits per heavy atom. The van der Waals surface area contributed by atoms with Crippen LogP contribution in [0.4, 0.5) is 0 Å². The molecule has 1 aromatic carbocycles. The van der Waals surface area contributed by atoms with E-state index in [-0.39, 0.29) is 0 Å². The minimum Gasteiger partial charge on any atom is -0.319 e. The zero-order valence-corrected chi connectivity index (χ0v) is 19.0. The summed E-state index contributed by atoms with van der Waals surface area (Å²) in [4.78, 5) is 8.12. The highest BCUT2D eigenvalue weighted by atomic mass is 15.3. The zero-order valence-electron chi connectivity index (χ0n) is 19.0. The van der Waals surface area contributed by atoms with Crippen LogP contribution in [-0.2, 0) is 0 Å². The number of aromatic amines is 1. The van der Waals surface area contributed by atoms with Crippen LogP contribution in [0.5, 0.6) is 0 Å². The lowest BCUT2D eigenvalue weighted by Gasteiger charge is -2.56. The van der Waals surface area contributed by atoms with E-state index < -0.39 is 0 Å². The maximum absolute atomic E-state index is 5.05. The molecule has 5 heteroatoms. The number of para-hydroxylation sites is 2. The van der Waals surface area contributed by atoms with E-state index in [2.05, 4.69) is 50.0 Å². The number of benzene rings is 1. The van der Waals surface area contributed by atoms with Gasteiger partial charge in [-0.1, -0.05) is 31.4 Å². The largest absolute Gasteiger partial charge is 0.319 e. The molecule has 0 spiro atoms. The van der Waals surface area contributed by atoms with Crippen LogP contribution in [0.25, 0.3) is 22.6 Å². The van der Waals surface area contributed by atoms with Crippen molar-refractivity contribution in [2.45, 2.75) is 94.8 Å². The quantitative estimate of drug-likeness (QED) is 0.559. The number of hydrogen-bond acceptors (Lipinski definition) is 3. The van der Waals surface area contributed by atoms with Crippen molar-refractivity contribution in [2.75, 3.05) is 0 Å². The summed E-state index contributed by atoms with van der Waals surface area (Å²) < 4.78 is 2.56. The Balaban J connectivity index is 1.24. The summed E-state index contributed by atoms with van der Waals surface area (Å²) in [6.45, 7) is 0. The first-order valence-electron chi connectivity index (χ1n) is 13.1. The van der Waals surface area contributed by atoms with Gasteiger partial charge in [0, 0.05) is 30.4 Å². The van der Waals surface area contributed by atoms with E-state index in [0.29, 0.717) is 6.04 Å². The average molecular weight is 430 g/mol. The number of imidazole rings is 1. The van der Waals surface area contributed by atoms with Crippen molar-refractivity contribution in [3.63, 3.8) is 0 Å². The standard InChI is InChI=1S/C27H35N5/c1-2-10-26-23(9-1)29-27(24-13-14-28-30-24)32(26)22-16-20-7-4-8-21(17-22)31(20)25-12-11-18-5-3-6-19(25)15-18/h1-2,9-10,13-14,18-22,25H,3-8,11-12,15-17H2,(H,28,30)/t18?,19-,20-,21+,22?,25?/m1/s1. The molecule has 32 heavy (non-hydrogen) atoms. The van der Waals surface area contributed by atoms with Crippen molar-refractivity contribution >= 4 is 11.0 Å². The lowest BCUT2D eigenvalue weighted by Crippen LogP contribution is -2.59. The first kappa shape index (κ1) is 19.3. The number of nitrogens with zero attached hydrogens (tertiary/aromatic N) is 4. The Kier molecular flexibility index (Phi) is 4.67. The molecule has 4 bridgehead atoms. The maximum Gasteiger partial charge on any atom is 0.159 e. The Hall–Kier alpha value is -2.14. The molecule has 2 saturated carbocycles. The Morgan fingerprint density at radius 1 is 0.812 bits per heavy atom. The van der Waals surface area contributed by atoms with Crippen LogP contribution in [0, 0.1) is 11.8 Å². The molecule has 5 nitrogen and oxygen atoms in total.